The fourth-order valence-electron chi connectivity index (χ4n) is 3.98. The Kier molecular flexibility index (Phi) is 6.30. The number of para-hydroxylation sites is 2. The van der Waals surface area contributed by atoms with E-state index in [1.54, 1.807) is 24.0 Å². The molecule has 8 heteroatoms. The number of imidazole rings is 1. The molecular weight excluding hydrogens is 406 g/mol. The first kappa shape index (κ1) is 21.3. The fourth-order valence-corrected chi connectivity index (χ4v) is 3.98. The first-order valence-corrected chi connectivity index (χ1v) is 10.6. The number of nitrogens with zero attached hydrogens (tertiary/aromatic N) is 4. The second-order valence-corrected chi connectivity index (χ2v) is 7.63. The number of anilines is 2. The van der Waals surface area contributed by atoms with Gasteiger partial charge in [-0.25, -0.2) is 9.78 Å². The second-order valence-electron chi connectivity index (χ2n) is 7.63. The quantitative estimate of drug-likeness (QED) is 0.673. The van der Waals surface area contributed by atoms with Crippen LogP contribution in [0.3, 0.4) is 0 Å². The summed E-state index contributed by atoms with van der Waals surface area (Å²) >= 11 is 0. The molecule has 0 bridgehead atoms. The number of aromatic nitrogens is 2. The third kappa shape index (κ3) is 4.39. The van der Waals surface area contributed by atoms with Crippen LogP contribution < -0.4 is 15.1 Å². The Bertz CT molecular complexity index is 1100. The molecule has 3 aromatic rings. The molecule has 1 unspecified atom stereocenters. The molecule has 0 fully saturated rings. The maximum Gasteiger partial charge on any atom is 0.327 e. The summed E-state index contributed by atoms with van der Waals surface area (Å²) in [6.07, 6.45) is 6.13. The lowest BCUT2D eigenvalue weighted by atomic mass is 10.0. The van der Waals surface area contributed by atoms with Crippen molar-refractivity contribution in [2.24, 2.45) is 0 Å². The molecule has 1 aliphatic heterocycles. The van der Waals surface area contributed by atoms with Crippen molar-refractivity contribution in [2.75, 3.05) is 22.9 Å². The lowest BCUT2D eigenvalue weighted by Crippen LogP contribution is -2.53. The third-order valence-corrected chi connectivity index (χ3v) is 5.55. The van der Waals surface area contributed by atoms with Crippen molar-refractivity contribution >= 4 is 29.2 Å². The van der Waals surface area contributed by atoms with Gasteiger partial charge in [-0.1, -0.05) is 36.4 Å². The van der Waals surface area contributed by atoms with Crippen LogP contribution in [0.1, 0.15) is 18.9 Å². The first-order chi connectivity index (χ1) is 15.6. The summed E-state index contributed by atoms with van der Waals surface area (Å²) in [4.78, 5) is 46.0. The third-order valence-electron chi connectivity index (χ3n) is 5.55. The summed E-state index contributed by atoms with van der Waals surface area (Å²) in [7, 11) is 0. The predicted octanol–water partition coefficient (Wildman–Crippen LogP) is 2.84. The van der Waals surface area contributed by atoms with E-state index in [2.05, 4.69) is 10.3 Å². The highest BCUT2D eigenvalue weighted by Gasteiger charge is 2.33. The second kappa shape index (κ2) is 9.47. The minimum atomic E-state index is -0.749. The Morgan fingerprint density at radius 2 is 1.84 bits per heavy atom. The summed E-state index contributed by atoms with van der Waals surface area (Å²) in [5, 5.41) is 2.59. The SMILES string of the molecule is CC(C(=O)N1CCCc2ccccc21)N(C(=O)CNC(=O)n1ccnc1)c1ccccc1. The average molecular weight is 431 g/mol. The number of rotatable bonds is 5. The van der Waals surface area contributed by atoms with Gasteiger partial charge in [0.1, 0.15) is 12.4 Å². The molecule has 0 spiro atoms. The van der Waals surface area contributed by atoms with Crippen LogP contribution in [0.25, 0.3) is 0 Å². The van der Waals surface area contributed by atoms with Gasteiger partial charge in [-0.05, 0) is 43.5 Å². The number of nitrogens with one attached hydrogen (secondary N) is 1. The Morgan fingerprint density at radius 3 is 2.59 bits per heavy atom. The van der Waals surface area contributed by atoms with Gasteiger partial charge in [0.05, 0.1) is 6.54 Å². The zero-order chi connectivity index (χ0) is 22.5. The average Bonchev–Trinajstić information content (AvgIpc) is 3.38. The molecular formula is C24H25N5O3. The lowest BCUT2D eigenvalue weighted by molar-refractivity contribution is -0.124. The molecule has 0 radical (unpaired) electrons. The van der Waals surface area contributed by atoms with Gasteiger partial charge in [-0.2, -0.15) is 0 Å². The Labute approximate surface area is 186 Å². The van der Waals surface area contributed by atoms with E-state index in [-0.39, 0.29) is 18.4 Å². The van der Waals surface area contributed by atoms with E-state index in [1.165, 1.54) is 28.2 Å². The highest BCUT2D eigenvalue weighted by atomic mass is 16.2. The van der Waals surface area contributed by atoms with Crippen molar-refractivity contribution in [3.05, 3.63) is 78.9 Å². The molecule has 0 saturated heterocycles. The van der Waals surface area contributed by atoms with Gasteiger partial charge in [0.15, 0.2) is 0 Å². The van der Waals surface area contributed by atoms with E-state index in [0.717, 1.165) is 24.1 Å². The van der Waals surface area contributed by atoms with Crippen molar-refractivity contribution in [3.8, 4) is 0 Å². The number of aryl methyl sites for hydroxylation is 1. The van der Waals surface area contributed by atoms with Crippen molar-refractivity contribution in [1.82, 2.24) is 14.9 Å². The molecule has 2 aromatic carbocycles. The lowest BCUT2D eigenvalue weighted by Gasteiger charge is -2.35. The van der Waals surface area contributed by atoms with Gasteiger partial charge in [0.2, 0.25) is 11.8 Å². The maximum atomic E-state index is 13.5. The number of fused-ring (bicyclic) bond motifs is 1. The van der Waals surface area contributed by atoms with E-state index >= 15 is 0 Å². The van der Waals surface area contributed by atoms with Crippen LogP contribution in [0, 0.1) is 0 Å². The zero-order valence-electron chi connectivity index (χ0n) is 17.8. The number of amides is 3. The van der Waals surface area contributed by atoms with Crippen molar-refractivity contribution in [1.29, 1.82) is 0 Å². The van der Waals surface area contributed by atoms with Crippen LogP contribution in [0.15, 0.2) is 73.3 Å². The Balaban J connectivity index is 1.56. The Morgan fingerprint density at radius 1 is 1.09 bits per heavy atom. The van der Waals surface area contributed by atoms with Crippen molar-refractivity contribution in [2.45, 2.75) is 25.8 Å². The van der Waals surface area contributed by atoms with E-state index in [0.29, 0.717) is 12.2 Å². The van der Waals surface area contributed by atoms with Gasteiger partial charge < -0.3 is 10.2 Å². The highest BCUT2D eigenvalue weighted by Crippen LogP contribution is 2.28. The standard InChI is InChI=1S/C24H25N5O3/c1-18(23(31)28-14-7-9-19-8-5-6-12-21(19)28)29(20-10-3-2-4-11-20)22(30)16-26-24(32)27-15-13-25-17-27/h2-6,8,10-13,15,17-18H,7,9,14,16H2,1H3,(H,26,32). The smallest absolute Gasteiger partial charge is 0.327 e. The molecule has 32 heavy (non-hydrogen) atoms. The number of carbonyl (C=O) groups is 3. The first-order valence-electron chi connectivity index (χ1n) is 10.6. The van der Waals surface area contributed by atoms with Crippen LogP contribution in [0.2, 0.25) is 0 Å². The largest absolute Gasteiger partial charge is 0.328 e. The molecule has 3 amide bonds. The summed E-state index contributed by atoms with van der Waals surface area (Å²) in [6.45, 7) is 2.08. The van der Waals surface area contributed by atoms with Crippen LogP contribution in [0.4, 0.5) is 16.2 Å². The van der Waals surface area contributed by atoms with E-state index in [9.17, 15) is 14.4 Å². The topological polar surface area (TPSA) is 87.5 Å². The van der Waals surface area contributed by atoms with Gasteiger partial charge in [-0.3, -0.25) is 19.1 Å². The summed E-state index contributed by atoms with van der Waals surface area (Å²) in [6, 6.07) is 15.7. The molecule has 8 nitrogen and oxygen atoms in total. The molecule has 4 rings (SSSR count). The van der Waals surface area contributed by atoms with Crippen LogP contribution in [-0.2, 0) is 16.0 Å². The summed E-state index contributed by atoms with van der Waals surface area (Å²) in [5.41, 5.74) is 2.62. The molecule has 0 aliphatic carbocycles. The van der Waals surface area contributed by atoms with E-state index < -0.39 is 12.1 Å². The minimum absolute atomic E-state index is 0.157. The summed E-state index contributed by atoms with van der Waals surface area (Å²) in [5.74, 6) is -0.536. The molecule has 0 saturated carbocycles. The number of benzene rings is 2. The molecule has 1 atom stereocenters. The summed E-state index contributed by atoms with van der Waals surface area (Å²) < 4.78 is 1.25. The maximum absolute atomic E-state index is 13.5. The number of hydrogen-bond donors (Lipinski definition) is 1. The van der Waals surface area contributed by atoms with E-state index in [1.807, 2.05) is 42.5 Å². The van der Waals surface area contributed by atoms with Crippen LogP contribution >= 0.6 is 0 Å². The van der Waals surface area contributed by atoms with Crippen LogP contribution in [-0.4, -0.2) is 46.5 Å². The highest BCUT2D eigenvalue weighted by molar-refractivity contribution is 6.07. The molecule has 1 aliphatic rings. The normalized spacial score (nSPS) is 13.7. The molecule has 1 aromatic heterocycles. The number of carbonyl (C=O) groups excluding carboxylic acids is 3. The predicted molar refractivity (Wildman–Crippen MR) is 122 cm³/mol. The van der Waals surface area contributed by atoms with Crippen LogP contribution in [0.5, 0.6) is 0 Å². The van der Waals surface area contributed by atoms with Gasteiger partial charge in [-0.15, -0.1) is 0 Å². The van der Waals surface area contributed by atoms with Gasteiger partial charge in [0, 0.05) is 30.3 Å². The van der Waals surface area contributed by atoms with Crippen molar-refractivity contribution in [3.63, 3.8) is 0 Å². The zero-order valence-corrected chi connectivity index (χ0v) is 17.8. The number of hydrogen-bond acceptors (Lipinski definition) is 4. The molecule has 1 N–H and O–H groups in total. The van der Waals surface area contributed by atoms with Gasteiger partial charge >= 0.3 is 6.03 Å². The van der Waals surface area contributed by atoms with Crippen molar-refractivity contribution < 1.29 is 14.4 Å². The Hall–Kier alpha value is -3.94. The van der Waals surface area contributed by atoms with Gasteiger partial charge in [0.25, 0.3) is 0 Å². The fraction of sp³-hybridized carbons (Fsp3) is 0.250. The monoisotopic (exact) mass is 431 g/mol. The minimum Gasteiger partial charge on any atom is -0.328 e. The van der Waals surface area contributed by atoms with E-state index in [4.69, 9.17) is 0 Å². The molecule has 164 valence electrons. The molecule has 2 heterocycles.